The topological polar surface area (TPSA) is 94.6 Å². The van der Waals surface area contributed by atoms with Gasteiger partial charge in [0, 0.05) is 10.4 Å². The molecule has 0 radical (unpaired) electrons. The third-order valence-electron chi connectivity index (χ3n) is 5.17. The number of nitriles is 1. The van der Waals surface area contributed by atoms with Crippen LogP contribution in [0.1, 0.15) is 37.2 Å². The van der Waals surface area contributed by atoms with Crippen LogP contribution in [0.15, 0.2) is 60.0 Å². The molecule has 0 saturated carbocycles. The summed E-state index contributed by atoms with van der Waals surface area (Å²) < 4.78 is 30.1. The van der Waals surface area contributed by atoms with Gasteiger partial charge < -0.3 is 19.9 Å². The van der Waals surface area contributed by atoms with Crippen molar-refractivity contribution in [1.29, 1.82) is 5.26 Å². The molecule has 0 bridgehead atoms. The molecule has 0 saturated heterocycles. The standard InChI is InChI=1S/C24H19FN2O4S/c1-13-19(24(28)29-2)21-22(32-13)20(17(11-26)23(27)31-21)14-7-9-16(10-8-14)30-12-15-5-3-4-6-18(15)25/h3-10,20H,12,27H2,1-2H3. The number of nitrogens with two attached hydrogens (primary N) is 1. The Morgan fingerprint density at radius 3 is 2.62 bits per heavy atom. The highest BCUT2D eigenvalue weighted by Crippen LogP contribution is 2.49. The van der Waals surface area contributed by atoms with Gasteiger partial charge in [0.1, 0.15) is 35.4 Å². The van der Waals surface area contributed by atoms with Crippen molar-refractivity contribution < 1.29 is 23.4 Å². The van der Waals surface area contributed by atoms with E-state index >= 15 is 0 Å². The fourth-order valence-electron chi connectivity index (χ4n) is 3.58. The van der Waals surface area contributed by atoms with E-state index in [0.717, 1.165) is 5.56 Å². The number of methoxy groups -OCH3 is 1. The molecule has 1 aliphatic rings. The van der Waals surface area contributed by atoms with Crippen LogP contribution in [0.3, 0.4) is 0 Å². The summed E-state index contributed by atoms with van der Waals surface area (Å²) >= 11 is 1.36. The van der Waals surface area contributed by atoms with E-state index in [1.807, 2.05) is 12.1 Å². The summed E-state index contributed by atoms with van der Waals surface area (Å²) in [4.78, 5) is 13.7. The molecule has 4 rings (SSSR count). The highest BCUT2D eigenvalue weighted by molar-refractivity contribution is 7.12. The SMILES string of the molecule is COC(=O)c1c(C)sc2c1OC(N)=C(C#N)C2c1ccc(OCc2ccccc2F)cc1. The molecule has 32 heavy (non-hydrogen) atoms. The van der Waals surface area contributed by atoms with Crippen LogP contribution in [0.5, 0.6) is 11.5 Å². The number of fused-ring (bicyclic) bond motifs is 1. The van der Waals surface area contributed by atoms with E-state index in [1.54, 1.807) is 37.3 Å². The number of hydrogen-bond donors (Lipinski definition) is 1. The summed E-state index contributed by atoms with van der Waals surface area (Å²) in [5.74, 6) is -0.520. The third kappa shape index (κ3) is 3.79. The Morgan fingerprint density at radius 2 is 1.97 bits per heavy atom. The van der Waals surface area contributed by atoms with Gasteiger partial charge in [0.25, 0.3) is 0 Å². The van der Waals surface area contributed by atoms with E-state index < -0.39 is 11.9 Å². The van der Waals surface area contributed by atoms with Crippen LogP contribution in [0, 0.1) is 24.1 Å². The van der Waals surface area contributed by atoms with Crippen molar-refractivity contribution in [2.24, 2.45) is 5.73 Å². The van der Waals surface area contributed by atoms with Crippen molar-refractivity contribution in [1.82, 2.24) is 0 Å². The molecule has 0 amide bonds. The maximum absolute atomic E-state index is 13.8. The van der Waals surface area contributed by atoms with Gasteiger partial charge in [0.2, 0.25) is 5.88 Å². The number of nitrogens with zero attached hydrogens (tertiary/aromatic N) is 1. The quantitative estimate of drug-likeness (QED) is 0.562. The minimum atomic E-state index is -0.524. The van der Waals surface area contributed by atoms with Gasteiger partial charge in [-0.25, -0.2) is 9.18 Å². The van der Waals surface area contributed by atoms with E-state index in [-0.39, 0.29) is 23.9 Å². The van der Waals surface area contributed by atoms with E-state index in [1.165, 1.54) is 24.5 Å². The Morgan fingerprint density at radius 1 is 1.25 bits per heavy atom. The van der Waals surface area contributed by atoms with Crippen molar-refractivity contribution in [3.8, 4) is 17.6 Å². The number of esters is 1. The number of benzene rings is 2. The highest BCUT2D eigenvalue weighted by Gasteiger charge is 2.37. The molecule has 162 valence electrons. The average Bonchev–Trinajstić information content (AvgIpc) is 3.12. The van der Waals surface area contributed by atoms with Gasteiger partial charge in [0.15, 0.2) is 5.75 Å². The number of thiophene rings is 1. The molecule has 8 heteroatoms. The molecule has 1 aliphatic heterocycles. The minimum absolute atomic E-state index is 0.0483. The van der Waals surface area contributed by atoms with Crippen LogP contribution in [0.25, 0.3) is 0 Å². The molecule has 2 N–H and O–H groups in total. The van der Waals surface area contributed by atoms with Gasteiger partial charge in [-0.2, -0.15) is 5.26 Å². The zero-order valence-electron chi connectivity index (χ0n) is 17.3. The summed E-state index contributed by atoms with van der Waals surface area (Å²) in [6.45, 7) is 1.88. The van der Waals surface area contributed by atoms with E-state index in [2.05, 4.69) is 6.07 Å². The summed E-state index contributed by atoms with van der Waals surface area (Å²) in [5.41, 5.74) is 7.84. The smallest absolute Gasteiger partial charge is 0.342 e. The Labute approximate surface area is 188 Å². The molecule has 1 aromatic heterocycles. The zero-order chi connectivity index (χ0) is 22.8. The first-order valence-corrected chi connectivity index (χ1v) is 10.5. The highest BCUT2D eigenvalue weighted by atomic mass is 32.1. The number of allylic oxidation sites excluding steroid dienone is 1. The average molecular weight is 450 g/mol. The van der Waals surface area contributed by atoms with Crippen LogP contribution >= 0.6 is 11.3 Å². The molecular formula is C24H19FN2O4S. The van der Waals surface area contributed by atoms with Gasteiger partial charge in [-0.15, -0.1) is 11.3 Å². The summed E-state index contributed by atoms with van der Waals surface area (Å²) in [7, 11) is 1.30. The molecule has 2 aromatic carbocycles. The van der Waals surface area contributed by atoms with Crippen LogP contribution in [-0.4, -0.2) is 13.1 Å². The fourth-order valence-corrected chi connectivity index (χ4v) is 4.80. The lowest BCUT2D eigenvalue weighted by molar-refractivity contribution is 0.0597. The maximum atomic E-state index is 13.8. The van der Waals surface area contributed by atoms with Crippen LogP contribution in [-0.2, 0) is 11.3 Å². The Kier molecular flexibility index (Phi) is 5.84. The predicted molar refractivity (Wildman–Crippen MR) is 117 cm³/mol. The second-order valence-electron chi connectivity index (χ2n) is 7.09. The zero-order valence-corrected chi connectivity index (χ0v) is 18.2. The van der Waals surface area contributed by atoms with E-state index in [0.29, 0.717) is 32.4 Å². The molecule has 0 fully saturated rings. The number of carbonyl (C=O) groups excluding carboxylic acids is 1. The second-order valence-corrected chi connectivity index (χ2v) is 8.35. The van der Waals surface area contributed by atoms with Crippen molar-refractivity contribution in [3.05, 3.63) is 92.2 Å². The van der Waals surface area contributed by atoms with Crippen LogP contribution < -0.4 is 15.2 Å². The number of rotatable bonds is 5. The molecule has 0 spiro atoms. The lowest BCUT2D eigenvalue weighted by atomic mass is 9.88. The lowest BCUT2D eigenvalue weighted by Gasteiger charge is -2.24. The Hall–Kier alpha value is -3.83. The van der Waals surface area contributed by atoms with E-state index in [4.69, 9.17) is 19.9 Å². The largest absolute Gasteiger partial charge is 0.489 e. The molecule has 1 unspecified atom stereocenters. The fraction of sp³-hybridized carbons (Fsp3) is 0.167. The Bertz CT molecular complexity index is 1260. The minimum Gasteiger partial charge on any atom is -0.489 e. The normalized spacial score (nSPS) is 14.9. The number of halogens is 1. The van der Waals surface area contributed by atoms with E-state index in [9.17, 15) is 14.4 Å². The molecule has 2 heterocycles. The molecule has 6 nitrogen and oxygen atoms in total. The molecule has 0 aliphatic carbocycles. The summed E-state index contributed by atoms with van der Waals surface area (Å²) in [6.07, 6.45) is 0. The second kappa shape index (κ2) is 8.73. The first kappa shape index (κ1) is 21.4. The molecule has 3 aromatic rings. The maximum Gasteiger partial charge on any atom is 0.342 e. The number of carbonyl (C=O) groups is 1. The van der Waals surface area contributed by atoms with Crippen molar-refractivity contribution in [2.75, 3.05) is 7.11 Å². The number of aryl methyl sites for hydroxylation is 1. The lowest BCUT2D eigenvalue weighted by Crippen LogP contribution is -2.21. The van der Waals surface area contributed by atoms with Crippen LogP contribution in [0.2, 0.25) is 0 Å². The van der Waals surface area contributed by atoms with Gasteiger partial charge in [-0.1, -0.05) is 30.3 Å². The van der Waals surface area contributed by atoms with Gasteiger partial charge in [-0.3, -0.25) is 0 Å². The first-order valence-electron chi connectivity index (χ1n) is 9.70. The molecule has 1 atom stereocenters. The summed E-state index contributed by atoms with van der Waals surface area (Å²) in [5, 5.41) is 9.73. The predicted octanol–water partition coefficient (Wildman–Crippen LogP) is 4.78. The number of ether oxygens (including phenoxy) is 3. The third-order valence-corrected chi connectivity index (χ3v) is 6.32. The van der Waals surface area contributed by atoms with Crippen molar-refractivity contribution in [2.45, 2.75) is 19.4 Å². The first-order chi connectivity index (χ1) is 15.4. The van der Waals surface area contributed by atoms with Gasteiger partial charge >= 0.3 is 5.97 Å². The van der Waals surface area contributed by atoms with Gasteiger partial charge in [-0.05, 0) is 30.7 Å². The van der Waals surface area contributed by atoms with Gasteiger partial charge in [0.05, 0.1) is 17.9 Å². The van der Waals surface area contributed by atoms with Crippen LogP contribution in [0.4, 0.5) is 4.39 Å². The summed E-state index contributed by atoms with van der Waals surface area (Å²) in [6, 6.07) is 15.7. The Balaban J connectivity index is 1.66. The van der Waals surface area contributed by atoms with Crippen molar-refractivity contribution in [3.63, 3.8) is 0 Å². The molecular weight excluding hydrogens is 431 g/mol. The monoisotopic (exact) mass is 450 g/mol. The number of hydrogen-bond acceptors (Lipinski definition) is 7. The van der Waals surface area contributed by atoms with Crippen molar-refractivity contribution >= 4 is 17.3 Å².